The number of fused-ring (bicyclic) bond motifs is 1. The van der Waals surface area contributed by atoms with Crippen molar-refractivity contribution in [1.29, 1.82) is 0 Å². The summed E-state index contributed by atoms with van der Waals surface area (Å²) in [5.74, 6) is 0.672. The number of hydrogen-bond acceptors (Lipinski definition) is 5. The van der Waals surface area contributed by atoms with Crippen LogP contribution in [0.15, 0.2) is 48.9 Å². The van der Waals surface area contributed by atoms with Gasteiger partial charge in [0.1, 0.15) is 11.3 Å². The maximum atomic E-state index is 13.1. The molecular formula is C24H32N6O. The van der Waals surface area contributed by atoms with E-state index < -0.39 is 0 Å². The third kappa shape index (κ3) is 5.29. The van der Waals surface area contributed by atoms with E-state index in [1.54, 1.807) is 6.20 Å². The van der Waals surface area contributed by atoms with Gasteiger partial charge in [-0.25, -0.2) is 4.98 Å². The van der Waals surface area contributed by atoms with Crippen LogP contribution in [0.1, 0.15) is 54.4 Å². The van der Waals surface area contributed by atoms with Gasteiger partial charge in [0.25, 0.3) is 5.91 Å². The van der Waals surface area contributed by atoms with Gasteiger partial charge in [-0.2, -0.15) is 0 Å². The second-order valence-electron chi connectivity index (χ2n) is 8.98. The molecule has 3 aromatic rings. The number of hydrogen-bond donors (Lipinski definition) is 2. The Labute approximate surface area is 183 Å². The SMILES string of the molecule is CC(C)CC(CNC(=O)c1cccc2nc(CN3CC[C@@H](N)C3)cn12)c1cccnc1. The van der Waals surface area contributed by atoms with Crippen molar-refractivity contribution in [2.75, 3.05) is 19.6 Å². The van der Waals surface area contributed by atoms with Crippen molar-refractivity contribution in [3.63, 3.8) is 0 Å². The van der Waals surface area contributed by atoms with E-state index in [9.17, 15) is 4.79 Å². The van der Waals surface area contributed by atoms with E-state index >= 15 is 0 Å². The second-order valence-corrected chi connectivity index (χ2v) is 8.98. The fourth-order valence-electron chi connectivity index (χ4n) is 4.39. The van der Waals surface area contributed by atoms with Gasteiger partial charge in [-0.3, -0.25) is 19.1 Å². The minimum atomic E-state index is -0.0876. The molecule has 3 N–H and O–H groups in total. The molecule has 7 heteroatoms. The van der Waals surface area contributed by atoms with Crippen molar-refractivity contribution in [2.45, 2.75) is 45.2 Å². The largest absolute Gasteiger partial charge is 0.350 e. The smallest absolute Gasteiger partial charge is 0.268 e. The normalized spacial score (nSPS) is 18.0. The summed E-state index contributed by atoms with van der Waals surface area (Å²) >= 11 is 0. The lowest BCUT2D eigenvalue weighted by Crippen LogP contribution is -2.30. The van der Waals surface area contributed by atoms with Crippen LogP contribution in [0.5, 0.6) is 0 Å². The summed E-state index contributed by atoms with van der Waals surface area (Å²) < 4.78 is 1.89. The molecule has 1 unspecified atom stereocenters. The van der Waals surface area contributed by atoms with Crippen molar-refractivity contribution in [3.8, 4) is 0 Å². The third-order valence-corrected chi connectivity index (χ3v) is 5.89. The molecule has 0 bridgehead atoms. The maximum Gasteiger partial charge on any atom is 0.268 e. The quantitative estimate of drug-likeness (QED) is 0.585. The highest BCUT2D eigenvalue weighted by Gasteiger charge is 2.21. The molecular weight excluding hydrogens is 388 g/mol. The van der Waals surface area contributed by atoms with Crippen molar-refractivity contribution >= 4 is 11.6 Å². The Kier molecular flexibility index (Phi) is 6.63. The van der Waals surface area contributed by atoms with Gasteiger partial charge in [0.2, 0.25) is 0 Å². The third-order valence-electron chi connectivity index (χ3n) is 5.89. The molecule has 0 radical (unpaired) electrons. The first-order valence-electron chi connectivity index (χ1n) is 11.1. The van der Waals surface area contributed by atoms with Gasteiger partial charge < -0.3 is 11.1 Å². The van der Waals surface area contributed by atoms with E-state index in [0.717, 1.165) is 49.4 Å². The average molecular weight is 421 g/mol. The van der Waals surface area contributed by atoms with Crippen LogP contribution in [0.25, 0.3) is 5.65 Å². The molecule has 1 saturated heterocycles. The van der Waals surface area contributed by atoms with E-state index in [1.807, 2.05) is 41.1 Å². The number of nitrogens with two attached hydrogens (primary N) is 1. The topological polar surface area (TPSA) is 88.5 Å². The van der Waals surface area contributed by atoms with Crippen LogP contribution in [0.3, 0.4) is 0 Å². The highest BCUT2D eigenvalue weighted by molar-refractivity contribution is 5.93. The molecule has 4 heterocycles. The number of imidazole rings is 1. The number of carbonyl (C=O) groups excluding carboxylic acids is 1. The van der Waals surface area contributed by atoms with Crippen LogP contribution in [-0.4, -0.2) is 50.9 Å². The summed E-state index contributed by atoms with van der Waals surface area (Å²) in [6, 6.07) is 9.95. The predicted octanol–water partition coefficient (Wildman–Crippen LogP) is 2.82. The van der Waals surface area contributed by atoms with Crippen molar-refractivity contribution < 1.29 is 4.79 Å². The van der Waals surface area contributed by atoms with Crippen molar-refractivity contribution in [1.82, 2.24) is 24.6 Å². The highest BCUT2D eigenvalue weighted by atomic mass is 16.1. The number of pyridine rings is 2. The zero-order chi connectivity index (χ0) is 21.8. The molecule has 0 saturated carbocycles. The van der Waals surface area contributed by atoms with Gasteiger partial charge in [-0.1, -0.05) is 26.0 Å². The Hall–Kier alpha value is -2.77. The van der Waals surface area contributed by atoms with Crippen molar-refractivity contribution in [2.24, 2.45) is 11.7 Å². The summed E-state index contributed by atoms with van der Waals surface area (Å²) in [4.78, 5) is 24.4. The number of carbonyl (C=O) groups is 1. The summed E-state index contributed by atoms with van der Waals surface area (Å²) in [5.41, 5.74) is 9.53. The summed E-state index contributed by atoms with van der Waals surface area (Å²) in [6.07, 6.45) is 7.66. The molecule has 1 amide bonds. The molecule has 2 atom stereocenters. The van der Waals surface area contributed by atoms with Gasteiger partial charge in [-0.05, 0) is 42.5 Å². The summed E-state index contributed by atoms with van der Waals surface area (Å²) in [7, 11) is 0. The highest BCUT2D eigenvalue weighted by Crippen LogP contribution is 2.22. The molecule has 3 aromatic heterocycles. The maximum absolute atomic E-state index is 13.1. The van der Waals surface area contributed by atoms with Crippen LogP contribution < -0.4 is 11.1 Å². The Morgan fingerprint density at radius 1 is 1.29 bits per heavy atom. The minimum Gasteiger partial charge on any atom is -0.350 e. The van der Waals surface area contributed by atoms with Gasteiger partial charge >= 0.3 is 0 Å². The van der Waals surface area contributed by atoms with E-state index in [0.29, 0.717) is 18.2 Å². The number of aromatic nitrogens is 3. The van der Waals surface area contributed by atoms with E-state index in [2.05, 4.69) is 35.1 Å². The van der Waals surface area contributed by atoms with Crippen LogP contribution in [0.4, 0.5) is 0 Å². The molecule has 0 aromatic carbocycles. The summed E-state index contributed by atoms with van der Waals surface area (Å²) in [5, 5.41) is 3.14. The van der Waals surface area contributed by atoms with E-state index in [4.69, 9.17) is 10.7 Å². The number of nitrogens with one attached hydrogen (secondary N) is 1. The molecule has 164 valence electrons. The molecule has 0 aliphatic carbocycles. The Morgan fingerprint density at radius 3 is 2.87 bits per heavy atom. The van der Waals surface area contributed by atoms with Gasteiger partial charge in [-0.15, -0.1) is 0 Å². The number of rotatable bonds is 8. The Bertz CT molecular complexity index is 1020. The molecule has 7 nitrogen and oxygen atoms in total. The first kappa shape index (κ1) is 21.5. The monoisotopic (exact) mass is 420 g/mol. The lowest BCUT2D eigenvalue weighted by molar-refractivity contribution is 0.0943. The zero-order valence-corrected chi connectivity index (χ0v) is 18.4. The van der Waals surface area contributed by atoms with Crippen LogP contribution in [0, 0.1) is 5.92 Å². The standard InChI is InChI=1S/C24H32N6O/c1-17(2)11-19(18-5-4-9-26-12-18)13-27-24(31)22-6-3-7-23-28-21(16-30(22)23)15-29-10-8-20(25)14-29/h3-7,9,12,16-17,19-20H,8,10-11,13-15,25H2,1-2H3,(H,27,31)/t19?,20-/m1/s1. The fourth-order valence-corrected chi connectivity index (χ4v) is 4.39. The van der Waals surface area contributed by atoms with Gasteiger partial charge in [0.05, 0.1) is 5.69 Å². The first-order chi connectivity index (χ1) is 15.0. The van der Waals surface area contributed by atoms with Crippen LogP contribution >= 0.6 is 0 Å². The van der Waals surface area contributed by atoms with Crippen LogP contribution in [0.2, 0.25) is 0 Å². The lowest BCUT2D eigenvalue weighted by Gasteiger charge is -2.20. The molecule has 1 aliphatic rings. The van der Waals surface area contributed by atoms with Crippen LogP contribution in [-0.2, 0) is 6.54 Å². The average Bonchev–Trinajstić information content (AvgIpc) is 3.36. The van der Waals surface area contributed by atoms with E-state index in [1.165, 1.54) is 0 Å². The molecule has 4 rings (SSSR count). The second kappa shape index (κ2) is 9.58. The van der Waals surface area contributed by atoms with Gasteiger partial charge in [0.15, 0.2) is 0 Å². The zero-order valence-electron chi connectivity index (χ0n) is 18.4. The molecule has 1 aliphatic heterocycles. The number of amides is 1. The van der Waals surface area contributed by atoms with Crippen molar-refractivity contribution in [3.05, 3.63) is 65.9 Å². The Balaban J connectivity index is 1.47. The molecule has 31 heavy (non-hydrogen) atoms. The summed E-state index contributed by atoms with van der Waals surface area (Å²) in [6.45, 7) is 7.62. The van der Waals surface area contributed by atoms with Gasteiger partial charge in [0, 0.05) is 56.7 Å². The Morgan fingerprint density at radius 2 is 2.16 bits per heavy atom. The fraction of sp³-hybridized carbons (Fsp3) is 0.458. The minimum absolute atomic E-state index is 0.0876. The first-order valence-corrected chi connectivity index (χ1v) is 11.1. The molecule has 1 fully saturated rings. The predicted molar refractivity (Wildman–Crippen MR) is 122 cm³/mol. The molecule has 0 spiro atoms. The number of likely N-dealkylation sites (tertiary alicyclic amines) is 1. The number of nitrogens with zero attached hydrogens (tertiary/aromatic N) is 4. The lowest BCUT2D eigenvalue weighted by atomic mass is 9.91. The van der Waals surface area contributed by atoms with E-state index in [-0.39, 0.29) is 17.9 Å².